The molecule has 0 radical (unpaired) electrons. The van der Waals surface area contributed by atoms with Crippen LogP contribution in [0.3, 0.4) is 0 Å². The predicted octanol–water partition coefficient (Wildman–Crippen LogP) is -0.742. The Kier molecular flexibility index (Phi) is 545. The second-order valence-electron chi connectivity index (χ2n) is 0. The Morgan fingerprint density at radius 3 is 0.667 bits per heavy atom. The first kappa shape index (κ1) is 69.8. The molecule has 0 heterocycles. The Bertz CT molecular complexity index is 10.8. The third kappa shape index (κ3) is 29.6. The Hall–Kier alpha value is 2.74. The third-order valence-corrected chi connectivity index (χ3v) is 0. The van der Waals surface area contributed by atoms with E-state index in [4.69, 9.17) is 0 Å². The van der Waals surface area contributed by atoms with Crippen LogP contribution >= 0.6 is 0 Å². The fourth-order valence-electron chi connectivity index (χ4n) is 0. The van der Waals surface area contributed by atoms with Gasteiger partial charge in [0, 0.05) is 21.7 Å². The van der Waals surface area contributed by atoms with Crippen LogP contribution in [0.5, 0.6) is 0 Å². The van der Waals surface area contributed by atoms with Gasteiger partial charge in [0.25, 0.3) is 0 Å². The SMILES string of the molecule is [Ca+2].[O-2].[O-2].[O-2].[Ti].[Zr+4]. The summed E-state index contributed by atoms with van der Waals surface area (Å²) < 4.78 is 0. The van der Waals surface area contributed by atoms with Crippen LogP contribution in [0.15, 0.2) is 0 Å². The van der Waals surface area contributed by atoms with Crippen LogP contribution in [-0.2, 0) is 64.3 Å². The molecule has 0 aliphatic rings. The molecule has 0 N–H and O–H groups in total. The van der Waals surface area contributed by atoms with E-state index >= 15 is 0 Å². The molecule has 0 aromatic rings. The molecule has 0 spiro atoms. The van der Waals surface area contributed by atoms with Crippen LogP contribution in [-0.4, -0.2) is 37.7 Å². The van der Waals surface area contributed by atoms with Gasteiger partial charge in [-0.3, -0.25) is 0 Å². The summed E-state index contributed by atoms with van der Waals surface area (Å²) in [5.41, 5.74) is 0. The van der Waals surface area contributed by atoms with Crippen LogP contribution in [0.1, 0.15) is 0 Å². The quantitative estimate of drug-likeness (QED) is 0.488. The summed E-state index contributed by atoms with van der Waals surface area (Å²) >= 11 is 0. The molecule has 0 aromatic carbocycles. The van der Waals surface area contributed by atoms with Crippen LogP contribution in [0, 0.1) is 0 Å². The summed E-state index contributed by atoms with van der Waals surface area (Å²) in [6, 6.07) is 0. The third-order valence-electron chi connectivity index (χ3n) is 0. The van der Waals surface area contributed by atoms with Gasteiger partial charge in [-0.25, -0.2) is 0 Å². The van der Waals surface area contributed by atoms with E-state index in [0.29, 0.717) is 0 Å². The number of rotatable bonds is 0. The smallest absolute Gasteiger partial charge is 2.00 e. The molecular weight excluding hydrogens is 227 g/mol. The summed E-state index contributed by atoms with van der Waals surface area (Å²) in [5, 5.41) is 0. The second kappa shape index (κ2) is 46.9. The summed E-state index contributed by atoms with van der Waals surface area (Å²) in [6.07, 6.45) is 0. The molecule has 0 saturated carbocycles. The van der Waals surface area contributed by atoms with E-state index in [2.05, 4.69) is 0 Å². The van der Waals surface area contributed by atoms with Crippen molar-refractivity contribution < 1.29 is 64.3 Å². The number of hydrogen-bond acceptors (Lipinski definition) is 0. The van der Waals surface area contributed by atoms with Gasteiger partial charge >= 0.3 is 63.9 Å². The molecule has 0 amide bonds. The van der Waals surface area contributed by atoms with Gasteiger partial charge in [0.2, 0.25) is 0 Å². The fraction of sp³-hybridized carbons (Fsp3) is 0. The molecule has 0 aliphatic heterocycles. The maximum Gasteiger partial charge on any atom is 4.00 e. The fourth-order valence-corrected chi connectivity index (χ4v) is 0. The zero-order valence-electron chi connectivity index (χ0n) is 2.93. The van der Waals surface area contributed by atoms with Crippen molar-refractivity contribution in [3.63, 3.8) is 0 Å². The van der Waals surface area contributed by atoms with E-state index in [1.807, 2.05) is 0 Å². The zero-order chi connectivity index (χ0) is 0. The van der Waals surface area contributed by atoms with Crippen molar-refractivity contribution in [3.05, 3.63) is 0 Å². The van der Waals surface area contributed by atoms with E-state index in [1.54, 1.807) is 0 Å². The monoisotopic (exact) mass is 226 g/mol. The molecule has 28 valence electrons. The van der Waals surface area contributed by atoms with E-state index in [0.717, 1.165) is 0 Å². The van der Waals surface area contributed by atoms with Gasteiger partial charge in [-0.05, 0) is 0 Å². The minimum absolute atomic E-state index is 0. The molecule has 0 aliphatic carbocycles. The molecule has 0 rings (SSSR count). The molecule has 0 bridgehead atoms. The molecule has 0 saturated heterocycles. The molecule has 6 heteroatoms. The van der Waals surface area contributed by atoms with Gasteiger partial charge in [-0.2, -0.15) is 0 Å². The Balaban J connectivity index is 0. The van der Waals surface area contributed by atoms with Gasteiger partial charge in [0.05, 0.1) is 0 Å². The van der Waals surface area contributed by atoms with Crippen molar-refractivity contribution in [1.82, 2.24) is 0 Å². The largest absolute Gasteiger partial charge is 4.00 e. The maximum absolute atomic E-state index is 0. The molecule has 0 unspecified atom stereocenters. The average Bonchev–Trinajstić information content (AvgIpc) is 0. The second-order valence-corrected chi connectivity index (χ2v) is 0. The molecule has 0 fully saturated rings. The zero-order valence-corrected chi connectivity index (χ0v) is 9.16. The summed E-state index contributed by atoms with van der Waals surface area (Å²) in [5.74, 6) is 0. The van der Waals surface area contributed by atoms with Crippen LogP contribution in [0.4, 0.5) is 0 Å². The molecule has 0 atom stereocenters. The van der Waals surface area contributed by atoms with Gasteiger partial charge in [0.1, 0.15) is 0 Å². The molecule has 3 nitrogen and oxygen atoms in total. The summed E-state index contributed by atoms with van der Waals surface area (Å²) in [6.45, 7) is 0. The molecule has 0 aromatic heterocycles. The van der Waals surface area contributed by atoms with Crippen molar-refractivity contribution in [1.29, 1.82) is 0 Å². The Morgan fingerprint density at radius 2 is 0.667 bits per heavy atom. The van der Waals surface area contributed by atoms with Crippen molar-refractivity contribution in [2.45, 2.75) is 0 Å². The van der Waals surface area contributed by atoms with E-state index in [9.17, 15) is 0 Å². The van der Waals surface area contributed by atoms with E-state index in [1.165, 1.54) is 0 Å². The van der Waals surface area contributed by atoms with Crippen LogP contribution < -0.4 is 0 Å². The van der Waals surface area contributed by atoms with E-state index < -0.39 is 0 Å². The first-order valence-electron chi connectivity index (χ1n) is 0. The standard InChI is InChI=1S/Ca.3O.Ti.Zr/q+2;3*-2;;+4. The average molecular weight is 227 g/mol. The minimum Gasteiger partial charge on any atom is -2.00 e. The topological polar surface area (TPSA) is 85.5 Å². The van der Waals surface area contributed by atoms with Crippen molar-refractivity contribution in [2.24, 2.45) is 0 Å². The first-order chi connectivity index (χ1) is 0. The van der Waals surface area contributed by atoms with Crippen LogP contribution in [0.2, 0.25) is 0 Å². The predicted molar refractivity (Wildman–Crippen MR) is 7.81 cm³/mol. The van der Waals surface area contributed by atoms with Crippen molar-refractivity contribution >= 4 is 37.7 Å². The maximum atomic E-state index is 0. The Morgan fingerprint density at radius 1 is 0.667 bits per heavy atom. The van der Waals surface area contributed by atoms with Gasteiger partial charge in [0.15, 0.2) is 0 Å². The molecule has 6 heavy (non-hydrogen) atoms. The van der Waals surface area contributed by atoms with Crippen molar-refractivity contribution in [2.75, 3.05) is 0 Å². The molecular formula is CaO3TiZr. The van der Waals surface area contributed by atoms with E-state index in [-0.39, 0.29) is 102 Å². The minimum atomic E-state index is 0. The summed E-state index contributed by atoms with van der Waals surface area (Å²) in [7, 11) is 0. The number of hydrogen-bond donors (Lipinski definition) is 0. The van der Waals surface area contributed by atoms with Gasteiger partial charge in [-0.1, -0.05) is 0 Å². The van der Waals surface area contributed by atoms with Gasteiger partial charge < -0.3 is 16.4 Å². The van der Waals surface area contributed by atoms with Crippen LogP contribution in [0.25, 0.3) is 0 Å². The summed E-state index contributed by atoms with van der Waals surface area (Å²) in [4.78, 5) is 0. The Labute approximate surface area is 100 Å². The van der Waals surface area contributed by atoms with Crippen molar-refractivity contribution in [3.8, 4) is 0 Å². The first-order valence-corrected chi connectivity index (χ1v) is 0. The normalized spacial score (nSPS) is 0. The van der Waals surface area contributed by atoms with Gasteiger partial charge in [-0.15, -0.1) is 0 Å².